The quantitative estimate of drug-likeness (QED) is 0.414. The fourth-order valence-corrected chi connectivity index (χ4v) is 6.99. The zero-order valence-electron chi connectivity index (χ0n) is 21.9. The fraction of sp³-hybridized carbons (Fsp3) is 0.500. The molecule has 0 radical (unpaired) electrons. The van der Waals surface area contributed by atoms with Crippen molar-refractivity contribution in [2.75, 3.05) is 57.1 Å². The van der Waals surface area contributed by atoms with Crippen LogP contribution >= 0.6 is 0 Å². The molecule has 3 fully saturated rings. The minimum absolute atomic E-state index is 0.0211. The minimum atomic E-state index is -3.70. The molecule has 1 saturated carbocycles. The van der Waals surface area contributed by atoms with Crippen molar-refractivity contribution in [3.8, 4) is 0 Å². The zero-order valence-corrected chi connectivity index (χ0v) is 22.7. The Balaban J connectivity index is 1.27. The second-order valence-corrected chi connectivity index (χ2v) is 13.1. The summed E-state index contributed by atoms with van der Waals surface area (Å²) in [5, 5.41) is 15.1. The topological polar surface area (TPSA) is 131 Å². The van der Waals surface area contributed by atoms with E-state index in [0.717, 1.165) is 63.1 Å². The Hall–Kier alpha value is -3.31. The molecular formula is C28H35N5O5S. The third-order valence-electron chi connectivity index (χ3n) is 8.63. The molecule has 208 valence electrons. The number of sulfonamides is 1. The molecule has 1 aliphatic carbocycles. The smallest absolute Gasteiger partial charge is 0.257 e. The third kappa shape index (κ3) is 5.29. The van der Waals surface area contributed by atoms with E-state index >= 15 is 0 Å². The van der Waals surface area contributed by atoms with Gasteiger partial charge in [0, 0.05) is 25.3 Å². The van der Waals surface area contributed by atoms with Crippen molar-refractivity contribution in [1.29, 1.82) is 0 Å². The number of piperidine rings is 2. The molecule has 10 nitrogen and oxygen atoms in total. The van der Waals surface area contributed by atoms with Gasteiger partial charge >= 0.3 is 0 Å². The molecule has 39 heavy (non-hydrogen) atoms. The van der Waals surface area contributed by atoms with Crippen molar-refractivity contribution in [2.24, 2.45) is 5.41 Å². The van der Waals surface area contributed by atoms with Gasteiger partial charge in [-0.3, -0.25) is 14.3 Å². The summed E-state index contributed by atoms with van der Waals surface area (Å²) in [4.78, 5) is 30.5. The van der Waals surface area contributed by atoms with Crippen LogP contribution in [0.3, 0.4) is 0 Å². The molecule has 4 aliphatic rings. The van der Waals surface area contributed by atoms with Gasteiger partial charge in [-0.05, 0) is 86.8 Å². The number of carbonyl (C=O) groups excluding carboxylic acids is 2. The van der Waals surface area contributed by atoms with Gasteiger partial charge in [0.05, 0.1) is 40.7 Å². The average molecular weight is 554 g/mol. The van der Waals surface area contributed by atoms with Crippen LogP contribution in [0.1, 0.15) is 55.3 Å². The second kappa shape index (κ2) is 10.0. The van der Waals surface area contributed by atoms with Crippen molar-refractivity contribution in [3.63, 3.8) is 0 Å². The lowest BCUT2D eigenvalue weighted by Gasteiger charge is -2.41. The van der Waals surface area contributed by atoms with E-state index in [2.05, 4.69) is 25.2 Å². The van der Waals surface area contributed by atoms with Crippen LogP contribution in [0, 0.1) is 5.41 Å². The van der Waals surface area contributed by atoms with E-state index in [1.165, 1.54) is 12.8 Å². The molecule has 2 aromatic carbocycles. The monoisotopic (exact) mass is 553 g/mol. The van der Waals surface area contributed by atoms with Gasteiger partial charge in [-0.1, -0.05) is 0 Å². The molecule has 0 bridgehead atoms. The van der Waals surface area contributed by atoms with Crippen LogP contribution in [-0.4, -0.2) is 63.4 Å². The summed E-state index contributed by atoms with van der Waals surface area (Å²) >= 11 is 0. The first-order chi connectivity index (χ1) is 18.8. The number of benzene rings is 2. The van der Waals surface area contributed by atoms with Crippen LogP contribution in [0.4, 0.5) is 28.4 Å². The van der Waals surface area contributed by atoms with Gasteiger partial charge < -0.3 is 25.5 Å². The Morgan fingerprint density at radius 3 is 2.49 bits per heavy atom. The highest BCUT2D eigenvalue weighted by Gasteiger charge is 2.44. The molecule has 6 rings (SSSR count). The van der Waals surface area contributed by atoms with Crippen molar-refractivity contribution >= 4 is 50.3 Å². The fourth-order valence-electron chi connectivity index (χ4n) is 6.16. The molecule has 11 heteroatoms. The van der Waals surface area contributed by atoms with Gasteiger partial charge in [0.15, 0.2) is 0 Å². The number of hydrogen-bond donors (Lipinski definition) is 4. The number of fused-ring (bicyclic) bond motifs is 3. The van der Waals surface area contributed by atoms with Gasteiger partial charge in [-0.2, -0.15) is 0 Å². The first-order valence-electron chi connectivity index (χ1n) is 13.8. The van der Waals surface area contributed by atoms with Crippen molar-refractivity contribution in [3.05, 3.63) is 42.0 Å². The van der Waals surface area contributed by atoms with Crippen LogP contribution in [0.25, 0.3) is 0 Å². The molecule has 2 amide bonds. The number of aliphatic hydroxyl groups excluding tert-OH is 1. The number of anilines is 5. The standard InChI is InChI=1S/C28H35N5O5S/c34-15-16-39(37,38)31-20-4-6-21(24(18-20)32-13-10-28(8-9-28)11-14-32)26(35)29-19-5-7-22-25(17-19)33-12-2-1-3-23(33)27(36)30-22/h4-7,17-18,23,31,34H,1-3,8-16H2,(H,29,35)(H,30,36). The third-order valence-corrected chi connectivity index (χ3v) is 9.89. The van der Waals surface area contributed by atoms with E-state index in [1.54, 1.807) is 24.3 Å². The van der Waals surface area contributed by atoms with Crippen molar-refractivity contribution in [2.45, 2.75) is 51.0 Å². The molecule has 2 aromatic rings. The Kier molecular flexibility index (Phi) is 6.66. The minimum Gasteiger partial charge on any atom is -0.395 e. The predicted octanol–water partition coefficient (Wildman–Crippen LogP) is 3.36. The lowest BCUT2D eigenvalue weighted by Crippen LogP contribution is -2.50. The van der Waals surface area contributed by atoms with Crippen LogP contribution in [-0.2, 0) is 14.8 Å². The highest BCUT2D eigenvalue weighted by Crippen LogP contribution is 2.54. The number of nitrogens with zero attached hydrogens (tertiary/aromatic N) is 2. The van der Waals surface area contributed by atoms with Gasteiger partial charge in [0.25, 0.3) is 5.91 Å². The van der Waals surface area contributed by atoms with E-state index in [0.29, 0.717) is 28.0 Å². The van der Waals surface area contributed by atoms with Gasteiger partial charge in [-0.15, -0.1) is 0 Å². The Bertz CT molecular complexity index is 1400. The van der Waals surface area contributed by atoms with Crippen LogP contribution in [0.15, 0.2) is 36.4 Å². The lowest BCUT2D eigenvalue weighted by atomic mass is 9.93. The predicted molar refractivity (Wildman–Crippen MR) is 152 cm³/mol. The molecule has 3 heterocycles. The highest BCUT2D eigenvalue weighted by molar-refractivity contribution is 7.92. The number of carbonyl (C=O) groups is 2. The summed E-state index contributed by atoms with van der Waals surface area (Å²) in [6.07, 6.45) is 7.49. The average Bonchev–Trinajstić information content (AvgIpc) is 3.68. The number of rotatable bonds is 7. The summed E-state index contributed by atoms with van der Waals surface area (Å²) in [6.45, 7) is 1.94. The molecule has 1 atom stereocenters. The van der Waals surface area contributed by atoms with E-state index in [-0.39, 0.29) is 17.9 Å². The lowest BCUT2D eigenvalue weighted by molar-refractivity contribution is -0.118. The summed E-state index contributed by atoms with van der Waals surface area (Å²) in [5.74, 6) is -0.655. The Labute approximate surface area is 228 Å². The summed E-state index contributed by atoms with van der Waals surface area (Å²) < 4.78 is 27.1. The number of nitrogens with one attached hydrogen (secondary N) is 3. The molecular weight excluding hydrogens is 518 g/mol. The maximum Gasteiger partial charge on any atom is 0.257 e. The van der Waals surface area contributed by atoms with Crippen LogP contribution in [0.5, 0.6) is 0 Å². The van der Waals surface area contributed by atoms with E-state index in [1.807, 2.05) is 12.1 Å². The molecule has 4 N–H and O–H groups in total. The molecule has 0 aromatic heterocycles. The highest BCUT2D eigenvalue weighted by atomic mass is 32.2. The SMILES string of the molecule is O=C(Nc1ccc2c(c1)N1CCCCC1C(=O)N2)c1ccc(NS(=O)(=O)CCO)cc1N1CCC2(CC1)CC2. The first kappa shape index (κ1) is 25.9. The number of amides is 2. The van der Waals surface area contributed by atoms with Gasteiger partial charge in [0.1, 0.15) is 6.04 Å². The number of hydrogen-bond acceptors (Lipinski definition) is 7. The zero-order chi connectivity index (χ0) is 27.2. The van der Waals surface area contributed by atoms with Crippen LogP contribution in [0.2, 0.25) is 0 Å². The molecule has 3 aliphatic heterocycles. The van der Waals surface area contributed by atoms with Crippen molar-refractivity contribution in [1.82, 2.24) is 0 Å². The Morgan fingerprint density at radius 1 is 1.00 bits per heavy atom. The van der Waals surface area contributed by atoms with Gasteiger partial charge in [-0.25, -0.2) is 8.42 Å². The van der Waals surface area contributed by atoms with Crippen LogP contribution < -0.4 is 25.2 Å². The maximum absolute atomic E-state index is 13.6. The number of aliphatic hydroxyl groups is 1. The van der Waals surface area contributed by atoms with Crippen molar-refractivity contribution < 1.29 is 23.1 Å². The largest absolute Gasteiger partial charge is 0.395 e. The summed E-state index contributed by atoms with van der Waals surface area (Å²) in [6, 6.07) is 10.3. The van der Waals surface area contributed by atoms with E-state index < -0.39 is 22.4 Å². The van der Waals surface area contributed by atoms with E-state index in [4.69, 9.17) is 5.11 Å². The second-order valence-electron chi connectivity index (χ2n) is 11.2. The maximum atomic E-state index is 13.6. The van der Waals surface area contributed by atoms with E-state index in [9.17, 15) is 18.0 Å². The van der Waals surface area contributed by atoms with Gasteiger partial charge in [0.2, 0.25) is 15.9 Å². The summed E-state index contributed by atoms with van der Waals surface area (Å²) in [7, 11) is -3.70. The normalized spacial score (nSPS) is 21.6. The molecule has 1 spiro atoms. The molecule has 2 saturated heterocycles. The molecule has 1 unspecified atom stereocenters. The first-order valence-corrected chi connectivity index (χ1v) is 15.4. The Morgan fingerprint density at radius 2 is 1.74 bits per heavy atom. The summed E-state index contributed by atoms with van der Waals surface area (Å²) in [5.41, 5.74) is 4.26.